The van der Waals surface area contributed by atoms with Gasteiger partial charge in [-0.3, -0.25) is 0 Å². The molecule has 5 nitrogen and oxygen atoms in total. The third kappa shape index (κ3) is 2.33. The van der Waals surface area contributed by atoms with Crippen LogP contribution >= 0.6 is 11.3 Å². The van der Waals surface area contributed by atoms with Crippen LogP contribution in [-0.4, -0.2) is 29.1 Å². The number of hydrogen-bond acceptors (Lipinski definition) is 6. The zero-order chi connectivity index (χ0) is 14.5. The minimum atomic E-state index is 0.110. The second kappa shape index (κ2) is 4.56. The maximum absolute atomic E-state index is 6.01. The van der Waals surface area contributed by atoms with Gasteiger partial charge in [-0.05, 0) is 17.9 Å². The van der Waals surface area contributed by atoms with E-state index in [9.17, 15) is 0 Å². The van der Waals surface area contributed by atoms with Crippen LogP contribution in [-0.2, 0) is 5.41 Å². The summed E-state index contributed by atoms with van der Waals surface area (Å²) < 4.78 is 1.12. The third-order valence-electron chi connectivity index (χ3n) is 3.63. The van der Waals surface area contributed by atoms with Crippen molar-refractivity contribution < 1.29 is 0 Å². The molecule has 0 aromatic carbocycles. The molecular weight excluding hydrogens is 270 g/mol. The van der Waals surface area contributed by atoms with E-state index >= 15 is 0 Å². The Labute approximate surface area is 123 Å². The molecule has 108 valence electrons. The maximum atomic E-state index is 6.01. The van der Waals surface area contributed by atoms with E-state index < -0.39 is 0 Å². The van der Waals surface area contributed by atoms with Crippen molar-refractivity contribution in [1.82, 2.24) is 9.97 Å². The van der Waals surface area contributed by atoms with Gasteiger partial charge in [0.05, 0.1) is 10.2 Å². The number of nitrogens with two attached hydrogens (primary N) is 2. The molecule has 2 aromatic heterocycles. The monoisotopic (exact) mass is 291 g/mol. The Kier molecular flexibility index (Phi) is 3.10. The van der Waals surface area contributed by atoms with Crippen molar-refractivity contribution in [3.05, 3.63) is 10.9 Å². The van der Waals surface area contributed by atoms with Crippen molar-refractivity contribution in [2.24, 2.45) is 5.73 Å². The van der Waals surface area contributed by atoms with Crippen molar-refractivity contribution in [2.75, 3.05) is 23.7 Å². The lowest BCUT2D eigenvalue weighted by molar-refractivity contribution is 0.604. The number of aromatic nitrogens is 2. The first-order valence-electron chi connectivity index (χ1n) is 6.92. The van der Waals surface area contributed by atoms with Gasteiger partial charge in [-0.15, -0.1) is 11.3 Å². The molecule has 1 aliphatic rings. The molecule has 3 heterocycles. The van der Waals surface area contributed by atoms with Gasteiger partial charge in [-0.2, -0.15) is 4.98 Å². The van der Waals surface area contributed by atoms with E-state index in [1.165, 1.54) is 4.88 Å². The van der Waals surface area contributed by atoms with E-state index in [-0.39, 0.29) is 11.5 Å². The van der Waals surface area contributed by atoms with Gasteiger partial charge in [0.2, 0.25) is 5.95 Å². The Hall–Kier alpha value is -1.40. The average Bonchev–Trinajstić information content (AvgIpc) is 2.93. The molecule has 0 bridgehead atoms. The lowest BCUT2D eigenvalue weighted by Gasteiger charge is -2.18. The van der Waals surface area contributed by atoms with Crippen LogP contribution in [0, 0.1) is 0 Å². The molecule has 0 aliphatic carbocycles. The van der Waals surface area contributed by atoms with E-state index in [2.05, 4.69) is 41.7 Å². The van der Waals surface area contributed by atoms with Crippen LogP contribution in [0.4, 0.5) is 11.8 Å². The van der Waals surface area contributed by atoms with Gasteiger partial charge in [-0.1, -0.05) is 20.8 Å². The predicted octanol–water partition coefficient (Wildman–Crippen LogP) is 2.11. The number of anilines is 2. The van der Waals surface area contributed by atoms with Crippen molar-refractivity contribution in [3.63, 3.8) is 0 Å². The molecule has 20 heavy (non-hydrogen) atoms. The van der Waals surface area contributed by atoms with E-state index in [0.717, 1.165) is 35.5 Å². The van der Waals surface area contributed by atoms with E-state index in [1.807, 2.05) is 0 Å². The second-order valence-electron chi connectivity index (χ2n) is 6.48. The summed E-state index contributed by atoms with van der Waals surface area (Å²) in [6.07, 6.45) is 1.00. The third-order valence-corrected chi connectivity index (χ3v) is 5.18. The van der Waals surface area contributed by atoms with Crippen LogP contribution in [0.2, 0.25) is 0 Å². The van der Waals surface area contributed by atoms with Crippen LogP contribution in [0.3, 0.4) is 0 Å². The number of thiophene rings is 1. The molecular formula is C14H21N5S. The van der Waals surface area contributed by atoms with Crippen LogP contribution in [0.15, 0.2) is 6.07 Å². The zero-order valence-corrected chi connectivity index (χ0v) is 13.0. The number of hydrogen-bond donors (Lipinski definition) is 2. The van der Waals surface area contributed by atoms with E-state index in [0.29, 0.717) is 5.95 Å². The predicted molar refractivity (Wildman–Crippen MR) is 85.3 cm³/mol. The van der Waals surface area contributed by atoms with Gasteiger partial charge in [0.1, 0.15) is 0 Å². The molecule has 1 fully saturated rings. The standard InChI is InChI=1S/C14H21N5S/c1-14(2,3)10-6-9-11(20-10)12(18-13(16)17-9)19-5-4-8(15)7-19/h6,8H,4-5,7,15H2,1-3H3,(H2,16,17,18)/t8-/m1/s1. The van der Waals surface area contributed by atoms with E-state index in [4.69, 9.17) is 11.5 Å². The molecule has 2 aromatic rings. The van der Waals surface area contributed by atoms with Gasteiger partial charge >= 0.3 is 0 Å². The molecule has 1 atom stereocenters. The molecule has 4 N–H and O–H groups in total. The van der Waals surface area contributed by atoms with Crippen LogP contribution < -0.4 is 16.4 Å². The molecule has 0 spiro atoms. The SMILES string of the molecule is CC(C)(C)c1cc2nc(N)nc(N3CC[C@@H](N)C3)c2s1. The first kappa shape index (κ1) is 13.6. The highest BCUT2D eigenvalue weighted by Crippen LogP contribution is 2.38. The van der Waals surface area contributed by atoms with Crippen molar-refractivity contribution in [2.45, 2.75) is 38.6 Å². The number of fused-ring (bicyclic) bond motifs is 1. The van der Waals surface area contributed by atoms with Crippen molar-refractivity contribution >= 4 is 33.3 Å². The Morgan fingerprint density at radius 3 is 2.70 bits per heavy atom. The minimum Gasteiger partial charge on any atom is -0.368 e. The smallest absolute Gasteiger partial charge is 0.222 e. The normalized spacial score (nSPS) is 20.0. The molecule has 0 saturated carbocycles. The summed E-state index contributed by atoms with van der Waals surface area (Å²) in [5.41, 5.74) is 12.9. The van der Waals surface area contributed by atoms with Crippen molar-refractivity contribution in [3.8, 4) is 0 Å². The summed E-state index contributed by atoms with van der Waals surface area (Å²) in [7, 11) is 0. The van der Waals surface area contributed by atoms with Gasteiger partial charge in [0.15, 0.2) is 5.82 Å². The fraction of sp³-hybridized carbons (Fsp3) is 0.571. The minimum absolute atomic E-state index is 0.110. The van der Waals surface area contributed by atoms with Crippen LogP contribution in [0.25, 0.3) is 10.2 Å². The first-order valence-corrected chi connectivity index (χ1v) is 7.74. The highest BCUT2D eigenvalue weighted by molar-refractivity contribution is 7.19. The summed E-state index contributed by atoms with van der Waals surface area (Å²) in [6.45, 7) is 8.41. The number of nitrogen functional groups attached to an aromatic ring is 1. The van der Waals surface area contributed by atoms with E-state index in [1.54, 1.807) is 11.3 Å². The average molecular weight is 291 g/mol. The molecule has 1 saturated heterocycles. The molecule has 3 rings (SSSR count). The Morgan fingerprint density at radius 2 is 2.10 bits per heavy atom. The van der Waals surface area contributed by atoms with Gasteiger partial charge in [0.25, 0.3) is 0 Å². The molecule has 1 aliphatic heterocycles. The topological polar surface area (TPSA) is 81.1 Å². The summed E-state index contributed by atoms with van der Waals surface area (Å²) >= 11 is 1.76. The second-order valence-corrected chi connectivity index (χ2v) is 7.53. The number of nitrogens with zero attached hydrogens (tertiary/aromatic N) is 3. The Balaban J connectivity index is 2.13. The molecule has 6 heteroatoms. The summed E-state index contributed by atoms with van der Waals surface area (Å²) in [5, 5.41) is 0. The molecule has 0 radical (unpaired) electrons. The fourth-order valence-electron chi connectivity index (χ4n) is 2.50. The lowest BCUT2D eigenvalue weighted by Crippen LogP contribution is -2.27. The van der Waals surface area contributed by atoms with Crippen molar-refractivity contribution in [1.29, 1.82) is 0 Å². The molecule has 0 amide bonds. The summed E-state index contributed by atoms with van der Waals surface area (Å²) in [6, 6.07) is 2.36. The Morgan fingerprint density at radius 1 is 1.35 bits per heavy atom. The van der Waals surface area contributed by atoms with Gasteiger partial charge < -0.3 is 16.4 Å². The van der Waals surface area contributed by atoms with Crippen LogP contribution in [0.5, 0.6) is 0 Å². The van der Waals surface area contributed by atoms with Gasteiger partial charge in [-0.25, -0.2) is 4.98 Å². The first-order chi connectivity index (χ1) is 9.34. The highest BCUT2D eigenvalue weighted by Gasteiger charge is 2.25. The Bertz CT molecular complexity index is 643. The largest absolute Gasteiger partial charge is 0.368 e. The number of rotatable bonds is 1. The van der Waals surface area contributed by atoms with Gasteiger partial charge in [0, 0.05) is 24.0 Å². The summed E-state index contributed by atoms with van der Waals surface area (Å²) in [5.74, 6) is 1.28. The van der Waals surface area contributed by atoms with Crippen LogP contribution in [0.1, 0.15) is 32.1 Å². The zero-order valence-electron chi connectivity index (χ0n) is 12.2. The highest BCUT2D eigenvalue weighted by atomic mass is 32.1. The maximum Gasteiger partial charge on any atom is 0.222 e. The summed E-state index contributed by atoms with van der Waals surface area (Å²) in [4.78, 5) is 12.4. The lowest BCUT2D eigenvalue weighted by atomic mass is 9.95. The fourth-order valence-corrected chi connectivity index (χ4v) is 3.67. The molecule has 0 unspecified atom stereocenters. The quantitative estimate of drug-likeness (QED) is 0.841.